The van der Waals surface area contributed by atoms with Gasteiger partial charge in [-0.15, -0.1) is 0 Å². The van der Waals surface area contributed by atoms with E-state index < -0.39 is 0 Å². The summed E-state index contributed by atoms with van der Waals surface area (Å²) in [7, 11) is 0. The summed E-state index contributed by atoms with van der Waals surface area (Å²) in [6, 6.07) is 0. The van der Waals surface area contributed by atoms with E-state index in [4.69, 9.17) is 4.74 Å². The van der Waals surface area contributed by atoms with E-state index in [1.165, 1.54) is 32.1 Å². The van der Waals surface area contributed by atoms with Gasteiger partial charge in [-0.05, 0) is 37.0 Å². The van der Waals surface area contributed by atoms with E-state index in [2.05, 4.69) is 0 Å². The monoisotopic (exact) mass is 196 g/mol. The fourth-order valence-corrected chi connectivity index (χ4v) is 3.82. The van der Waals surface area contributed by atoms with Crippen molar-refractivity contribution in [1.82, 2.24) is 0 Å². The molecular weight excluding hydrogens is 176 g/mol. The number of hydrogen-bond acceptors (Lipinski definition) is 2. The van der Waals surface area contributed by atoms with Crippen LogP contribution < -0.4 is 0 Å². The van der Waals surface area contributed by atoms with Gasteiger partial charge in [-0.1, -0.05) is 12.8 Å². The zero-order valence-corrected chi connectivity index (χ0v) is 8.69. The topological polar surface area (TPSA) is 29.5 Å². The lowest BCUT2D eigenvalue weighted by Crippen LogP contribution is -2.38. The first kappa shape index (κ1) is 9.17. The van der Waals surface area contributed by atoms with Gasteiger partial charge in [0.1, 0.15) is 0 Å². The largest absolute Gasteiger partial charge is 0.391 e. The molecule has 3 atom stereocenters. The third-order valence-corrected chi connectivity index (χ3v) is 4.59. The van der Waals surface area contributed by atoms with E-state index in [0.717, 1.165) is 24.2 Å². The summed E-state index contributed by atoms with van der Waals surface area (Å²) >= 11 is 0. The van der Waals surface area contributed by atoms with Crippen LogP contribution in [0.1, 0.15) is 38.5 Å². The van der Waals surface area contributed by atoms with Gasteiger partial charge >= 0.3 is 0 Å². The van der Waals surface area contributed by atoms with Crippen molar-refractivity contribution in [3.8, 4) is 0 Å². The van der Waals surface area contributed by atoms with Gasteiger partial charge in [-0.3, -0.25) is 0 Å². The summed E-state index contributed by atoms with van der Waals surface area (Å²) in [6.07, 6.45) is 8.23. The predicted octanol–water partition coefficient (Wildman–Crippen LogP) is 1.96. The standard InChI is InChI=1S/C12H20O2/c13-10-6-12(14-7-10)11-5-8-1-3-9(11)4-2-8/h8-13H,1-7H2. The van der Waals surface area contributed by atoms with Crippen LogP contribution in [-0.4, -0.2) is 23.9 Å². The number of hydrogen-bond donors (Lipinski definition) is 1. The molecule has 1 heterocycles. The second-order valence-corrected chi connectivity index (χ2v) is 5.44. The first-order valence-electron chi connectivity index (χ1n) is 6.12. The van der Waals surface area contributed by atoms with E-state index in [9.17, 15) is 5.11 Å². The van der Waals surface area contributed by atoms with Crippen LogP contribution in [0.15, 0.2) is 0 Å². The number of aliphatic hydroxyl groups is 1. The highest BCUT2D eigenvalue weighted by atomic mass is 16.5. The van der Waals surface area contributed by atoms with Gasteiger partial charge in [0, 0.05) is 6.42 Å². The van der Waals surface area contributed by atoms with E-state index in [1.54, 1.807) is 0 Å². The Bertz CT molecular complexity index is 208. The normalized spacial score (nSPS) is 52.5. The molecule has 3 aliphatic carbocycles. The highest BCUT2D eigenvalue weighted by Crippen LogP contribution is 2.48. The summed E-state index contributed by atoms with van der Waals surface area (Å²) in [5, 5.41) is 9.48. The van der Waals surface area contributed by atoms with Crippen LogP contribution in [0.5, 0.6) is 0 Å². The molecule has 0 radical (unpaired) electrons. The fraction of sp³-hybridized carbons (Fsp3) is 1.00. The molecule has 14 heavy (non-hydrogen) atoms. The molecule has 4 rings (SSSR count). The smallest absolute Gasteiger partial charge is 0.0798 e. The molecule has 4 aliphatic rings. The Morgan fingerprint density at radius 2 is 1.79 bits per heavy atom. The predicted molar refractivity (Wildman–Crippen MR) is 53.9 cm³/mol. The molecule has 2 heteroatoms. The van der Waals surface area contributed by atoms with Gasteiger partial charge in [0.2, 0.25) is 0 Å². The van der Waals surface area contributed by atoms with Gasteiger partial charge in [-0.2, -0.15) is 0 Å². The van der Waals surface area contributed by atoms with Crippen molar-refractivity contribution in [2.45, 2.75) is 50.7 Å². The molecule has 80 valence electrons. The lowest BCUT2D eigenvalue weighted by molar-refractivity contribution is -0.0201. The molecule has 0 spiro atoms. The third-order valence-electron chi connectivity index (χ3n) is 4.59. The molecule has 1 N–H and O–H groups in total. The first-order valence-corrected chi connectivity index (χ1v) is 6.12. The Morgan fingerprint density at radius 1 is 1.00 bits per heavy atom. The van der Waals surface area contributed by atoms with Gasteiger partial charge in [0.15, 0.2) is 0 Å². The number of fused-ring (bicyclic) bond motifs is 3. The maximum absolute atomic E-state index is 9.48. The Hall–Kier alpha value is -0.0800. The molecule has 4 fully saturated rings. The average Bonchev–Trinajstić information content (AvgIpc) is 2.66. The molecule has 3 unspecified atom stereocenters. The van der Waals surface area contributed by atoms with Crippen molar-refractivity contribution in [1.29, 1.82) is 0 Å². The maximum Gasteiger partial charge on any atom is 0.0798 e. The number of rotatable bonds is 1. The van der Waals surface area contributed by atoms with Crippen LogP contribution in [0.3, 0.4) is 0 Å². The second kappa shape index (κ2) is 3.49. The van der Waals surface area contributed by atoms with E-state index in [1.807, 2.05) is 0 Å². The average molecular weight is 196 g/mol. The van der Waals surface area contributed by atoms with Gasteiger partial charge in [0.25, 0.3) is 0 Å². The summed E-state index contributed by atoms with van der Waals surface area (Å²) in [5.74, 6) is 2.67. The molecule has 0 aromatic heterocycles. The molecule has 2 nitrogen and oxygen atoms in total. The summed E-state index contributed by atoms with van der Waals surface area (Å²) in [6.45, 7) is 0.582. The molecule has 2 bridgehead atoms. The fourth-order valence-electron chi connectivity index (χ4n) is 3.82. The number of ether oxygens (including phenoxy) is 1. The molecule has 0 aromatic carbocycles. The minimum Gasteiger partial charge on any atom is -0.391 e. The molecule has 1 aliphatic heterocycles. The minimum atomic E-state index is -0.180. The van der Waals surface area contributed by atoms with Gasteiger partial charge in [-0.25, -0.2) is 0 Å². The highest BCUT2D eigenvalue weighted by molar-refractivity contribution is 4.92. The van der Waals surface area contributed by atoms with Crippen LogP contribution in [0.4, 0.5) is 0 Å². The van der Waals surface area contributed by atoms with Gasteiger partial charge in [0.05, 0.1) is 18.8 Å². The van der Waals surface area contributed by atoms with Crippen molar-refractivity contribution >= 4 is 0 Å². The molecule has 3 saturated carbocycles. The quantitative estimate of drug-likeness (QED) is 0.694. The lowest BCUT2D eigenvalue weighted by atomic mass is 9.63. The van der Waals surface area contributed by atoms with Crippen molar-refractivity contribution in [3.63, 3.8) is 0 Å². The van der Waals surface area contributed by atoms with Crippen molar-refractivity contribution in [3.05, 3.63) is 0 Å². The Kier molecular flexibility index (Phi) is 2.29. The maximum atomic E-state index is 9.48. The SMILES string of the molecule is OC1COC(C2CC3CCC2CC3)C1. The zero-order chi connectivity index (χ0) is 9.54. The van der Waals surface area contributed by atoms with E-state index >= 15 is 0 Å². The summed E-state index contributed by atoms with van der Waals surface area (Å²) in [5.41, 5.74) is 0. The molecule has 0 aromatic rings. The summed E-state index contributed by atoms with van der Waals surface area (Å²) < 4.78 is 5.71. The number of aliphatic hydroxyl groups excluding tert-OH is 1. The molecule has 0 amide bonds. The van der Waals surface area contributed by atoms with E-state index in [0.29, 0.717) is 12.7 Å². The van der Waals surface area contributed by atoms with Crippen molar-refractivity contribution in [2.75, 3.05) is 6.61 Å². The summed E-state index contributed by atoms with van der Waals surface area (Å²) in [4.78, 5) is 0. The Balaban J connectivity index is 1.67. The van der Waals surface area contributed by atoms with E-state index in [-0.39, 0.29) is 6.10 Å². The van der Waals surface area contributed by atoms with Crippen LogP contribution >= 0.6 is 0 Å². The van der Waals surface area contributed by atoms with Crippen molar-refractivity contribution < 1.29 is 9.84 Å². The molecular formula is C12H20O2. The van der Waals surface area contributed by atoms with Crippen molar-refractivity contribution in [2.24, 2.45) is 17.8 Å². The first-order chi connectivity index (χ1) is 6.83. The highest BCUT2D eigenvalue weighted by Gasteiger charge is 2.42. The van der Waals surface area contributed by atoms with Crippen LogP contribution in [0.2, 0.25) is 0 Å². The third kappa shape index (κ3) is 1.49. The van der Waals surface area contributed by atoms with Crippen LogP contribution in [0, 0.1) is 17.8 Å². The van der Waals surface area contributed by atoms with Crippen LogP contribution in [0.25, 0.3) is 0 Å². The Morgan fingerprint density at radius 3 is 2.29 bits per heavy atom. The Labute approximate surface area is 85.6 Å². The lowest BCUT2D eigenvalue weighted by Gasteiger charge is -2.44. The van der Waals surface area contributed by atoms with Gasteiger partial charge < -0.3 is 9.84 Å². The van der Waals surface area contributed by atoms with Crippen LogP contribution in [-0.2, 0) is 4.74 Å². The molecule has 1 saturated heterocycles. The minimum absolute atomic E-state index is 0.180. The second-order valence-electron chi connectivity index (χ2n) is 5.44. The zero-order valence-electron chi connectivity index (χ0n) is 8.69.